The van der Waals surface area contributed by atoms with Gasteiger partial charge in [0, 0.05) is 23.7 Å². The summed E-state index contributed by atoms with van der Waals surface area (Å²) in [4.78, 5) is 4.28. The number of rotatable bonds is 5. The first-order valence-corrected chi connectivity index (χ1v) is 9.43. The number of imidazole rings is 1. The molecule has 5 nitrogen and oxygen atoms in total. The molecule has 1 atom stereocenters. The predicted octanol–water partition coefficient (Wildman–Crippen LogP) is 4.47. The van der Waals surface area contributed by atoms with Gasteiger partial charge in [0.2, 0.25) is 0 Å². The van der Waals surface area contributed by atoms with E-state index in [0.29, 0.717) is 18.5 Å². The Morgan fingerprint density at radius 3 is 2.83 bits per heavy atom. The molecule has 0 radical (unpaired) electrons. The van der Waals surface area contributed by atoms with Gasteiger partial charge >= 0.3 is 6.18 Å². The molecule has 2 aliphatic rings. The van der Waals surface area contributed by atoms with Crippen molar-refractivity contribution in [2.24, 2.45) is 5.41 Å². The molecule has 1 aliphatic heterocycles. The van der Waals surface area contributed by atoms with Gasteiger partial charge in [0.1, 0.15) is 0 Å². The van der Waals surface area contributed by atoms with Crippen LogP contribution in [0.25, 0.3) is 5.57 Å². The smallest absolute Gasteiger partial charge is 0.382 e. The number of hydrogen-bond donors (Lipinski definition) is 1. The van der Waals surface area contributed by atoms with E-state index < -0.39 is 11.7 Å². The molecule has 2 heterocycles. The summed E-state index contributed by atoms with van der Waals surface area (Å²) in [5, 5.41) is 12.1. The second-order valence-corrected chi connectivity index (χ2v) is 8.09. The molecule has 4 rings (SSSR count). The Kier molecular flexibility index (Phi) is 4.87. The van der Waals surface area contributed by atoms with E-state index in [1.54, 1.807) is 6.07 Å². The van der Waals surface area contributed by atoms with Gasteiger partial charge in [-0.2, -0.15) is 18.4 Å². The summed E-state index contributed by atoms with van der Waals surface area (Å²) in [7, 11) is 0. The molecule has 1 aliphatic carbocycles. The van der Waals surface area contributed by atoms with Crippen molar-refractivity contribution in [3.8, 4) is 6.07 Å². The number of nitrogens with zero attached hydrogens (tertiary/aromatic N) is 3. The van der Waals surface area contributed by atoms with Crippen molar-refractivity contribution in [2.75, 3.05) is 18.5 Å². The van der Waals surface area contributed by atoms with Crippen molar-refractivity contribution < 1.29 is 17.9 Å². The third-order valence-electron chi connectivity index (χ3n) is 5.43. The van der Waals surface area contributed by atoms with E-state index in [0.717, 1.165) is 37.1 Å². The molecular formula is C21H21F3N4O. The Bertz CT molecular complexity index is 983. The summed E-state index contributed by atoms with van der Waals surface area (Å²) in [6.07, 6.45) is 2.61. The van der Waals surface area contributed by atoms with Gasteiger partial charge in [0.05, 0.1) is 48.6 Å². The number of hydrogen-bond acceptors (Lipinski definition) is 4. The fourth-order valence-electron chi connectivity index (χ4n) is 3.90. The van der Waals surface area contributed by atoms with Crippen molar-refractivity contribution in [3.63, 3.8) is 0 Å². The van der Waals surface area contributed by atoms with Crippen molar-refractivity contribution in [3.05, 3.63) is 53.6 Å². The van der Waals surface area contributed by atoms with E-state index in [9.17, 15) is 13.2 Å². The summed E-state index contributed by atoms with van der Waals surface area (Å²) in [6, 6.07) is 5.34. The van der Waals surface area contributed by atoms with Crippen LogP contribution in [-0.4, -0.2) is 28.8 Å². The van der Waals surface area contributed by atoms with Crippen molar-refractivity contribution in [1.82, 2.24) is 9.55 Å². The lowest BCUT2D eigenvalue weighted by Crippen LogP contribution is -2.43. The number of aromatic nitrogens is 2. The van der Waals surface area contributed by atoms with Crippen molar-refractivity contribution in [1.29, 1.82) is 5.26 Å². The zero-order valence-electron chi connectivity index (χ0n) is 16.0. The maximum absolute atomic E-state index is 13.2. The normalized spacial score (nSPS) is 20.7. The van der Waals surface area contributed by atoms with Crippen LogP contribution in [0.2, 0.25) is 0 Å². The van der Waals surface area contributed by atoms with E-state index in [1.165, 1.54) is 12.1 Å². The second kappa shape index (κ2) is 7.23. The van der Waals surface area contributed by atoms with Crippen LogP contribution in [0, 0.1) is 16.7 Å². The average Bonchev–Trinajstić information content (AvgIpc) is 3.28. The van der Waals surface area contributed by atoms with Crippen molar-refractivity contribution >= 4 is 11.3 Å². The van der Waals surface area contributed by atoms with E-state index in [4.69, 9.17) is 10.00 Å². The fraction of sp³-hybridized carbons (Fsp3) is 0.429. The first-order chi connectivity index (χ1) is 13.8. The number of benzene rings is 1. The van der Waals surface area contributed by atoms with Gasteiger partial charge in [0.15, 0.2) is 0 Å². The summed E-state index contributed by atoms with van der Waals surface area (Å²) in [6.45, 7) is 4.46. The summed E-state index contributed by atoms with van der Waals surface area (Å²) in [5.74, 6) is 0. The number of nitrogens with one attached hydrogen (secondary N) is 1. The van der Waals surface area contributed by atoms with Crippen LogP contribution >= 0.6 is 0 Å². The monoisotopic (exact) mass is 402 g/mol. The number of halogens is 3. The molecule has 29 heavy (non-hydrogen) atoms. The van der Waals surface area contributed by atoms with Crippen molar-refractivity contribution in [2.45, 2.75) is 38.5 Å². The highest BCUT2D eigenvalue weighted by molar-refractivity contribution is 5.67. The van der Waals surface area contributed by atoms with Crippen LogP contribution in [0.1, 0.15) is 36.6 Å². The molecule has 2 aromatic rings. The zero-order chi connectivity index (χ0) is 20.6. The summed E-state index contributed by atoms with van der Waals surface area (Å²) < 4.78 is 47.0. The van der Waals surface area contributed by atoms with E-state index >= 15 is 0 Å². The Balaban J connectivity index is 1.45. The van der Waals surface area contributed by atoms with Crippen LogP contribution in [0.15, 0.2) is 36.8 Å². The molecule has 1 saturated heterocycles. The minimum atomic E-state index is -4.56. The molecule has 152 valence electrons. The molecule has 1 aromatic carbocycles. The van der Waals surface area contributed by atoms with Crippen LogP contribution < -0.4 is 5.32 Å². The Morgan fingerprint density at radius 1 is 1.38 bits per heavy atom. The molecule has 0 saturated carbocycles. The average molecular weight is 402 g/mol. The lowest BCUT2D eigenvalue weighted by Gasteiger charge is -2.38. The maximum Gasteiger partial charge on any atom is 0.417 e. The Morgan fingerprint density at radius 2 is 2.17 bits per heavy atom. The van der Waals surface area contributed by atoms with Gasteiger partial charge in [-0.3, -0.25) is 0 Å². The van der Waals surface area contributed by atoms with Gasteiger partial charge in [-0.25, -0.2) is 4.98 Å². The number of anilines is 1. The molecule has 1 aromatic heterocycles. The molecular weight excluding hydrogens is 381 g/mol. The van der Waals surface area contributed by atoms with E-state index in [-0.39, 0.29) is 17.0 Å². The lowest BCUT2D eigenvalue weighted by atomic mass is 9.88. The molecule has 0 bridgehead atoms. The van der Waals surface area contributed by atoms with Crippen LogP contribution in [0.3, 0.4) is 0 Å². The summed E-state index contributed by atoms with van der Waals surface area (Å²) in [5.41, 5.74) is 1.37. The SMILES string of the molecule is CC1(Cn2cncc2C2=CCC(Nc3ccc(C#N)c(C(F)(F)F)c3)C2)COC1. The highest BCUT2D eigenvalue weighted by Crippen LogP contribution is 2.36. The molecule has 1 N–H and O–H groups in total. The maximum atomic E-state index is 13.2. The van der Waals surface area contributed by atoms with E-state index in [2.05, 4.69) is 27.9 Å². The third kappa shape index (κ3) is 4.01. The molecule has 8 heteroatoms. The molecule has 1 fully saturated rings. The minimum Gasteiger partial charge on any atom is -0.382 e. The third-order valence-corrected chi connectivity index (χ3v) is 5.43. The summed E-state index contributed by atoms with van der Waals surface area (Å²) >= 11 is 0. The lowest BCUT2D eigenvalue weighted by molar-refractivity contribution is -0.137. The quantitative estimate of drug-likeness (QED) is 0.802. The fourth-order valence-corrected chi connectivity index (χ4v) is 3.90. The first-order valence-electron chi connectivity index (χ1n) is 9.43. The van der Waals surface area contributed by atoms with Gasteiger partial charge in [-0.1, -0.05) is 13.0 Å². The first kappa shape index (κ1) is 19.5. The van der Waals surface area contributed by atoms with Gasteiger partial charge in [0.25, 0.3) is 0 Å². The van der Waals surface area contributed by atoms with Gasteiger partial charge < -0.3 is 14.6 Å². The highest BCUT2D eigenvalue weighted by atomic mass is 19.4. The molecule has 0 spiro atoms. The predicted molar refractivity (Wildman–Crippen MR) is 102 cm³/mol. The number of nitriles is 1. The number of ether oxygens (including phenoxy) is 1. The second-order valence-electron chi connectivity index (χ2n) is 8.09. The van der Waals surface area contributed by atoms with Gasteiger partial charge in [-0.15, -0.1) is 0 Å². The van der Waals surface area contributed by atoms with Crippen LogP contribution in [0.4, 0.5) is 18.9 Å². The topological polar surface area (TPSA) is 62.9 Å². The largest absolute Gasteiger partial charge is 0.417 e. The zero-order valence-corrected chi connectivity index (χ0v) is 16.0. The molecule has 1 unspecified atom stereocenters. The molecule has 0 amide bonds. The van der Waals surface area contributed by atoms with Crippen LogP contribution in [0.5, 0.6) is 0 Å². The minimum absolute atomic E-state index is 0.00927. The standard InChI is InChI=1S/C21H21F3N4O/c1-20(11-29-12-20)10-28-13-26-9-19(28)14-2-4-16(6-14)27-17-5-3-15(8-25)18(7-17)21(22,23)24/h2-3,5,7,9,13,16,27H,4,6,10-12H2,1H3. The number of alkyl halides is 3. The highest BCUT2D eigenvalue weighted by Gasteiger charge is 2.35. The van der Waals surface area contributed by atoms with Crippen LogP contribution in [-0.2, 0) is 17.5 Å². The Hall–Kier alpha value is -2.79. The Labute approximate surface area is 166 Å². The van der Waals surface area contributed by atoms with Gasteiger partial charge in [-0.05, 0) is 36.6 Å². The van der Waals surface area contributed by atoms with E-state index in [1.807, 2.05) is 12.5 Å².